The highest BCUT2D eigenvalue weighted by molar-refractivity contribution is 9.10. The van der Waals surface area contributed by atoms with Crippen molar-refractivity contribution in [3.05, 3.63) is 69.2 Å². The lowest BCUT2D eigenvalue weighted by atomic mass is 9.94. The van der Waals surface area contributed by atoms with Crippen LogP contribution in [-0.2, 0) is 12.4 Å². The Morgan fingerprint density at radius 3 is 1.87 bits per heavy atom. The summed E-state index contributed by atoms with van der Waals surface area (Å²) in [5, 5.41) is 10.1. The summed E-state index contributed by atoms with van der Waals surface area (Å²) in [7, 11) is 0. The molecule has 0 aliphatic carbocycles. The van der Waals surface area contributed by atoms with Gasteiger partial charge in [-0.2, -0.15) is 26.3 Å². The van der Waals surface area contributed by atoms with Crippen molar-refractivity contribution in [2.45, 2.75) is 18.5 Å². The largest absolute Gasteiger partial charge is 0.416 e. The van der Waals surface area contributed by atoms with Gasteiger partial charge in [0.1, 0.15) is 6.10 Å². The lowest BCUT2D eigenvalue weighted by Crippen LogP contribution is -2.15. The fourth-order valence-electron chi connectivity index (χ4n) is 2.04. The predicted molar refractivity (Wildman–Crippen MR) is 74.6 cm³/mol. The van der Waals surface area contributed by atoms with E-state index in [-0.39, 0.29) is 11.6 Å². The number of hydrogen-bond acceptors (Lipinski definition) is 1. The summed E-state index contributed by atoms with van der Waals surface area (Å²) in [4.78, 5) is 0. The van der Waals surface area contributed by atoms with Gasteiger partial charge in [0.15, 0.2) is 0 Å². The average molecular weight is 399 g/mol. The van der Waals surface area contributed by atoms with Crippen LogP contribution in [0.3, 0.4) is 0 Å². The molecule has 1 nitrogen and oxygen atoms in total. The van der Waals surface area contributed by atoms with Crippen molar-refractivity contribution in [2.24, 2.45) is 0 Å². The zero-order chi connectivity index (χ0) is 17.4. The maximum Gasteiger partial charge on any atom is 0.416 e. The van der Waals surface area contributed by atoms with Gasteiger partial charge >= 0.3 is 12.4 Å². The molecule has 23 heavy (non-hydrogen) atoms. The first kappa shape index (κ1) is 17.8. The molecule has 124 valence electrons. The summed E-state index contributed by atoms with van der Waals surface area (Å²) in [5.74, 6) is 0. The van der Waals surface area contributed by atoms with Crippen LogP contribution in [0.15, 0.2) is 46.9 Å². The van der Waals surface area contributed by atoms with Crippen molar-refractivity contribution >= 4 is 15.9 Å². The normalized spacial score (nSPS) is 13.9. The summed E-state index contributed by atoms with van der Waals surface area (Å²) < 4.78 is 77.7. The molecule has 0 amide bonds. The number of hydrogen-bond donors (Lipinski definition) is 1. The topological polar surface area (TPSA) is 20.2 Å². The molecule has 0 fully saturated rings. The third-order valence-electron chi connectivity index (χ3n) is 3.17. The van der Waals surface area contributed by atoms with Gasteiger partial charge in [-0.25, -0.2) is 0 Å². The van der Waals surface area contributed by atoms with Crippen LogP contribution in [-0.4, -0.2) is 5.11 Å². The molecule has 2 aromatic carbocycles. The van der Waals surface area contributed by atoms with E-state index in [4.69, 9.17) is 0 Å². The lowest BCUT2D eigenvalue weighted by Gasteiger charge is -2.19. The van der Waals surface area contributed by atoms with Crippen LogP contribution >= 0.6 is 15.9 Å². The first-order valence-corrected chi connectivity index (χ1v) is 7.01. The van der Waals surface area contributed by atoms with E-state index < -0.39 is 35.1 Å². The van der Waals surface area contributed by atoms with Crippen LogP contribution in [0.1, 0.15) is 28.4 Å². The Morgan fingerprint density at radius 1 is 0.826 bits per heavy atom. The number of alkyl halides is 6. The third kappa shape index (κ3) is 4.06. The van der Waals surface area contributed by atoms with Crippen LogP contribution in [0.2, 0.25) is 0 Å². The Bertz CT molecular complexity index is 691. The van der Waals surface area contributed by atoms with Crippen LogP contribution in [0, 0.1) is 0 Å². The minimum atomic E-state index is -5.02. The monoisotopic (exact) mass is 398 g/mol. The zero-order valence-corrected chi connectivity index (χ0v) is 12.8. The van der Waals surface area contributed by atoms with Crippen LogP contribution in [0.5, 0.6) is 0 Å². The maximum atomic E-state index is 13.1. The van der Waals surface area contributed by atoms with E-state index in [1.165, 1.54) is 24.3 Å². The van der Waals surface area contributed by atoms with E-state index in [1.807, 2.05) is 0 Å². The number of aliphatic hydroxyl groups is 1. The molecule has 1 atom stereocenters. The molecule has 0 bridgehead atoms. The number of rotatable bonds is 2. The quantitative estimate of drug-likeness (QED) is 0.655. The number of aliphatic hydroxyl groups excluding tert-OH is 1. The van der Waals surface area contributed by atoms with E-state index in [1.54, 1.807) is 0 Å². The molecule has 0 spiro atoms. The van der Waals surface area contributed by atoms with Crippen LogP contribution in [0.4, 0.5) is 26.3 Å². The molecule has 0 aliphatic heterocycles. The van der Waals surface area contributed by atoms with Crippen molar-refractivity contribution in [3.8, 4) is 0 Å². The average Bonchev–Trinajstić information content (AvgIpc) is 2.45. The third-order valence-corrected chi connectivity index (χ3v) is 3.70. The van der Waals surface area contributed by atoms with Crippen molar-refractivity contribution in [3.63, 3.8) is 0 Å². The molecular weight excluding hydrogens is 390 g/mol. The summed E-state index contributed by atoms with van der Waals surface area (Å²) >= 11 is 3.14. The van der Waals surface area contributed by atoms with Crippen molar-refractivity contribution in [1.82, 2.24) is 0 Å². The summed E-state index contributed by atoms with van der Waals surface area (Å²) in [5.41, 5.74) is -3.43. The highest BCUT2D eigenvalue weighted by Gasteiger charge is 2.39. The highest BCUT2D eigenvalue weighted by atomic mass is 79.9. The first-order valence-electron chi connectivity index (χ1n) is 6.22. The van der Waals surface area contributed by atoms with Crippen molar-refractivity contribution in [2.75, 3.05) is 0 Å². The van der Waals surface area contributed by atoms with E-state index in [0.29, 0.717) is 16.6 Å². The number of benzene rings is 2. The summed E-state index contributed by atoms with van der Waals surface area (Å²) in [6, 6.07) is 6.97. The van der Waals surface area contributed by atoms with E-state index in [0.717, 1.165) is 0 Å². The van der Waals surface area contributed by atoms with Gasteiger partial charge in [-0.3, -0.25) is 0 Å². The lowest BCUT2D eigenvalue weighted by molar-refractivity contribution is -0.143. The molecule has 0 aromatic heterocycles. The van der Waals surface area contributed by atoms with Gasteiger partial charge < -0.3 is 5.11 Å². The Kier molecular flexibility index (Phi) is 4.77. The molecule has 2 rings (SSSR count). The number of halogens is 7. The second-order valence-corrected chi connectivity index (χ2v) is 5.67. The molecule has 0 aliphatic rings. The summed E-state index contributed by atoms with van der Waals surface area (Å²) in [6.07, 6.45) is -11.6. The second kappa shape index (κ2) is 6.16. The zero-order valence-electron chi connectivity index (χ0n) is 11.2. The minimum Gasteiger partial charge on any atom is -0.384 e. The summed E-state index contributed by atoms with van der Waals surface area (Å²) in [6.45, 7) is 0. The van der Waals surface area contributed by atoms with Gasteiger partial charge in [0, 0.05) is 4.47 Å². The molecule has 0 radical (unpaired) electrons. The fraction of sp³-hybridized carbons (Fsp3) is 0.200. The van der Waals surface area contributed by atoms with E-state index >= 15 is 0 Å². The Hall–Kier alpha value is -1.54. The SMILES string of the molecule is OC(c1ccc(Br)cc1)c1ccc(C(F)(F)F)cc1C(F)(F)F. The molecule has 8 heteroatoms. The van der Waals surface area contributed by atoms with Gasteiger partial charge in [0.2, 0.25) is 0 Å². The predicted octanol–water partition coefficient (Wildman–Crippen LogP) is 5.57. The van der Waals surface area contributed by atoms with E-state index in [9.17, 15) is 31.4 Å². The van der Waals surface area contributed by atoms with E-state index in [2.05, 4.69) is 15.9 Å². The molecule has 0 saturated heterocycles. The molecule has 0 saturated carbocycles. The Balaban J connectivity index is 2.55. The fourth-order valence-corrected chi connectivity index (χ4v) is 2.31. The smallest absolute Gasteiger partial charge is 0.384 e. The van der Waals surface area contributed by atoms with Gasteiger partial charge in [-0.05, 0) is 35.4 Å². The minimum absolute atomic E-state index is 0.0113. The van der Waals surface area contributed by atoms with Crippen molar-refractivity contribution < 1.29 is 31.4 Å². The van der Waals surface area contributed by atoms with Crippen LogP contribution in [0.25, 0.3) is 0 Å². The molecule has 1 unspecified atom stereocenters. The second-order valence-electron chi connectivity index (χ2n) is 4.75. The Labute approximate surface area is 135 Å². The molecular formula is C15H9BrF6O. The van der Waals surface area contributed by atoms with Gasteiger partial charge in [-0.1, -0.05) is 34.1 Å². The Morgan fingerprint density at radius 2 is 1.39 bits per heavy atom. The maximum absolute atomic E-state index is 13.1. The molecule has 2 aromatic rings. The molecule has 0 heterocycles. The standard InChI is InChI=1S/C15H9BrF6O/c16-10-4-1-8(2-5-10)13(23)11-6-3-9(14(17,18)19)7-12(11)15(20,21)22/h1-7,13,23H. The van der Waals surface area contributed by atoms with Crippen LogP contribution < -0.4 is 0 Å². The highest BCUT2D eigenvalue weighted by Crippen LogP contribution is 2.40. The van der Waals surface area contributed by atoms with Gasteiger partial charge in [0.25, 0.3) is 0 Å². The first-order chi connectivity index (χ1) is 10.5. The van der Waals surface area contributed by atoms with Crippen molar-refractivity contribution in [1.29, 1.82) is 0 Å². The van der Waals surface area contributed by atoms with Gasteiger partial charge in [-0.15, -0.1) is 0 Å². The van der Waals surface area contributed by atoms with Gasteiger partial charge in [0.05, 0.1) is 11.1 Å². The molecule has 1 N–H and O–H groups in total.